The van der Waals surface area contributed by atoms with E-state index in [-0.39, 0.29) is 5.75 Å². The maximum absolute atomic E-state index is 12.9. The van der Waals surface area contributed by atoms with Gasteiger partial charge in [-0.05, 0) is 43.4 Å². The third-order valence-corrected chi connectivity index (χ3v) is 5.67. The Balaban J connectivity index is 2.36. The summed E-state index contributed by atoms with van der Waals surface area (Å²) in [7, 11) is -3.97. The van der Waals surface area contributed by atoms with E-state index in [9.17, 15) is 21.6 Å². The number of sulfone groups is 1. The molecule has 112 valence electrons. The molecule has 1 saturated carbocycles. The Morgan fingerprint density at radius 1 is 1.20 bits per heavy atom. The van der Waals surface area contributed by atoms with Gasteiger partial charge in [0.15, 0.2) is 9.84 Å². The van der Waals surface area contributed by atoms with Crippen LogP contribution >= 0.6 is 0 Å². The molecule has 2 N–H and O–H groups in total. The maximum atomic E-state index is 12.9. The van der Waals surface area contributed by atoms with Crippen LogP contribution in [-0.4, -0.2) is 20.7 Å². The number of benzene rings is 1. The first-order valence-electron chi connectivity index (χ1n) is 6.29. The lowest BCUT2D eigenvalue weighted by Gasteiger charge is -2.17. The van der Waals surface area contributed by atoms with Crippen LogP contribution in [0, 0.1) is 5.41 Å². The molecule has 0 bridgehead atoms. The summed E-state index contributed by atoms with van der Waals surface area (Å²) in [5.41, 5.74) is 3.92. The molecular weight excluding hydrogens is 291 g/mol. The highest BCUT2D eigenvalue weighted by Crippen LogP contribution is 2.50. The van der Waals surface area contributed by atoms with E-state index < -0.39 is 31.9 Å². The van der Waals surface area contributed by atoms with Gasteiger partial charge >= 0.3 is 6.18 Å². The van der Waals surface area contributed by atoms with Crippen molar-refractivity contribution in [1.29, 1.82) is 0 Å². The van der Waals surface area contributed by atoms with Gasteiger partial charge in [0.1, 0.15) is 0 Å². The highest BCUT2D eigenvalue weighted by molar-refractivity contribution is 7.91. The van der Waals surface area contributed by atoms with Gasteiger partial charge in [0, 0.05) is 0 Å². The second-order valence-electron chi connectivity index (χ2n) is 5.29. The molecule has 3 nitrogen and oxygen atoms in total. The first-order chi connectivity index (χ1) is 9.20. The second-order valence-corrected chi connectivity index (χ2v) is 7.25. The normalized spacial score (nSPS) is 18.0. The summed E-state index contributed by atoms with van der Waals surface area (Å²) in [6.45, 7) is 0.344. The molecule has 0 radical (unpaired) electrons. The summed E-state index contributed by atoms with van der Waals surface area (Å²) in [6.07, 6.45) is -2.73. The minimum absolute atomic E-state index is 0.260. The Kier molecular flexibility index (Phi) is 3.85. The quantitative estimate of drug-likeness (QED) is 0.909. The SMILES string of the molecule is NCCC1(CS(=O)(=O)c2ccccc2C(F)(F)F)CC1. The van der Waals surface area contributed by atoms with Crippen molar-refractivity contribution in [2.24, 2.45) is 11.1 Å². The van der Waals surface area contributed by atoms with Crippen LogP contribution in [0.3, 0.4) is 0 Å². The second kappa shape index (κ2) is 5.04. The minimum Gasteiger partial charge on any atom is -0.330 e. The van der Waals surface area contributed by atoms with Crippen molar-refractivity contribution in [3.8, 4) is 0 Å². The van der Waals surface area contributed by atoms with Crippen molar-refractivity contribution in [2.45, 2.75) is 30.3 Å². The summed E-state index contributed by atoms with van der Waals surface area (Å²) in [4.78, 5) is -0.629. The fourth-order valence-corrected chi connectivity index (χ4v) is 4.60. The average molecular weight is 307 g/mol. The molecule has 2 rings (SSSR count). The van der Waals surface area contributed by atoms with Crippen LogP contribution in [0.5, 0.6) is 0 Å². The molecule has 7 heteroatoms. The van der Waals surface area contributed by atoms with Crippen LogP contribution in [0.4, 0.5) is 13.2 Å². The van der Waals surface area contributed by atoms with Crippen molar-refractivity contribution in [3.05, 3.63) is 29.8 Å². The number of alkyl halides is 3. The molecule has 0 aromatic heterocycles. The molecule has 0 amide bonds. The molecule has 0 unspecified atom stereocenters. The first-order valence-corrected chi connectivity index (χ1v) is 7.95. The van der Waals surface area contributed by atoms with E-state index in [4.69, 9.17) is 5.73 Å². The molecule has 0 atom stereocenters. The summed E-state index contributed by atoms with van der Waals surface area (Å²) in [5, 5.41) is 0. The fraction of sp³-hybridized carbons (Fsp3) is 0.538. The number of hydrogen-bond donors (Lipinski definition) is 1. The van der Waals surface area contributed by atoms with E-state index in [0.29, 0.717) is 25.8 Å². The largest absolute Gasteiger partial charge is 0.417 e. The van der Waals surface area contributed by atoms with E-state index in [1.54, 1.807) is 0 Å². The summed E-state index contributed by atoms with van der Waals surface area (Å²) in [5.74, 6) is -0.260. The Morgan fingerprint density at radius 2 is 1.80 bits per heavy atom. The molecular formula is C13H16F3NO2S. The molecule has 1 aliphatic rings. The van der Waals surface area contributed by atoms with Crippen LogP contribution in [0.1, 0.15) is 24.8 Å². The summed E-state index contributed by atoms with van der Waals surface area (Å²) < 4.78 is 63.3. The third kappa shape index (κ3) is 3.15. The van der Waals surface area contributed by atoms with Gasteiger partial charge in [-0.25, -0.2) is 8.42 Å². The molecule has 1 aromatic rings. The maximum Gasteiger partial charge on any atom is 0.417 e. The Hall–Kier alpha value is -1.08. The first kappa shape index (κ1) is 15.3. The van der Waals surface area contributed by atoms with Gasteiger partial charge in [0.25, 0.3) is 0 Å². The molecule has 1 fully saturated rings. The predicted octanol–water partition coefficient (Wildman–Crippen LogP) is 2.61. The molecule has 20 heavy (non-hydrogen) atoms. The van der Waals surface area contributed by atoms with Gasteiger partial charge in [-0.2, -0.15) is 13.2 Å². The number of nitrogens with two attached hydrogens (primary N) is 1. The molecule has 0 spiro atoms. The predicted molar refractivity (Wildman–Crippen MR) is 68.8 cm³/mol. The zero-order chi connectivity index (χ0) is 15.0. The zero-order valence-electron chi connectivity index (χ0n) is 10.8. The smallest absolute Gasteiger partial charge is 0.330 e. The molecule has 1 aliphatic carbocycles. The van der Waals surface area contributed by atoms with E-state index >= 15 is 0 Å². The number of halogens is 3. The van der Waals surface area contributed by atoms with Gasteiger partial charge in [-0.15, -0.1) is 0 Å². The van der Waals surface area contributed by atoms with Gasteiger partial charge in [-0.1, -0.05) is 12.1 Å². The fourth-order valence-electron chi connectivity index (χ4n) is 2.40. The lowest BCUT2D eigenvalue weighted by atomic mass is 10.1. The van der Waals surface area contributed by atoms with E-state index in [2.05, 4.69) is 0 Å². The van der Waals surface area contributed by atoms with Crippen molar-refractivity contribution in [2.75, 3.05) is 12.3 Å². The average Bonchev–Trinajstić information content (AvgIpc) is 3.07. The third-order valence-electron chi connectivity index (χ3n) is 3.66. The van der Waals surface area contributed by atoms with Crippen LogP contribution in [0.2, 0.25) is 0 Å². The van der Waals surface area contributed by atoms with Gasteiger partial charge < -0.3 is 5.73 Å². The zero-order valence-corrected chi connectivity index (χ0v) is 11.6. The van der Waals surface area contributed by atoms with Gasteiger partial charge in [-0.3, -0.25) is 0 Å². The lowest BCUT2D eigenvalue weighted by Crippen LogP contribution is -2.23. The van der Waals surface area contributed by atoms with Crippen LogP contribution in [-0.2, 0) is 16.0 Å². The Labute approximate surface area is 115 Å². The summed E-state index contributed by atoms with van der Waals surface area (Å²) in [6, 6.07) is 4.32. The molecule has 0 heterocycles. The topological polar surface area (TPSA) is 60.2 Å². The van der Waals surface area contributed by atoms with Crippen molar-refractivity contribution in [3.63, 3.8) is 0 Å². The van der Waals surface area contributed by atoms with Crippen molar-refractivity contribution >= 4 is 9.84 Å². The van der Waals surface area contributed by atoms with Gasteiger partial charge in [0.05, 0.1) is 16.2 Å². The number of hydrogen-bond acceptors (Lipinski definition) is 3. The van der Waals surface area contributed by atoms with Crippen molar-refractivity contribution < 1.29 is 21.6 Å². The highest BCUT2D eigenvalue weighted by Gasteiger charge is 2.47. The lowest BCUT2D eigenvalue weighted by molar-refractivity contribution is -0.139. The van der Waals surface area contributed by atoms with Crippen LogP contribution in [0.25, 0.3) is 0 Å². The van der Waals surface area contributed by atoms with Crippen LogP contribution in [0.15, 0.2) is 29.2 Å². The number of rotatable bonds is 5. The van der Waals surface area contributed by atoms with E-state index in [1.807, 2.05) is 0 Å². The monoisotopic (exact) mass is 307 g/mol. The van der Waals surface area contributed by atoms with Crippen LogP contribution < -0.4 is 5.73 Å². The molecule has 0 saturated heterocycles. The Morgan fingerprint density at radius 3 is 2.30 bits per heavy atom. The van der Waals surface area contributed by atoms with E-state index in [1.165, 1.54) is 12.1 Å². The highest BCUT2D eigenvalue weighted by atomic mass is 32.2. The van der Waals surface area contributed by atoms with Gasteiger partial charge in [0.2, 0.25) is 0 Å². The van der Waals surface area contributed by atoms with Crippen molar-refractivity contribution in [1.82, 2.24) is 0 Å². The molecule has 0 aliphatic heterocycles. The minimum atomic E-state index is -4.67. The molecule has 1 aromatic carbocycles. The standard InChI is InChI=1S/C13H16F3NO2S/c14-13(15,16)10-3-1-2-4-11(10)20(18,19)9-12(5-6-12)7-8-17/h1-4H,5-9,17H2. The Bertz CT molecular complexity index is 592. The summed E-state index contributed by atoms with van der Waals surface area (Å²) >= 11 is 0. The van der Waals surface area contributed by atoms with E-state index in [0.717, 1.165) is 12.1 Å².